The molecule has 0 saturated carbocycles. The quantitative estimate of drug-likeness (QED) is 0.568. The van der Waals surface area contributed by atoms with Crippen LogP contribution in [-0.2, 0) is 0 Å². The first-order valence-electron chi connectivity index (χ1n) is 5.93. The zero-order chi connectivity index (χ0) is 9.64. The summed E-state index contributed by atoms with van der Waals surface area (Å²) in [7, 11) is 0. The molecule has 2 aliphatic carbocycles. The highest BCUT2D eigenvalue weighted by molar-refractivity contribution is 5.03. The highest BCUT2D eigenvalue weighted by atomic mass is 14.1. The Hall–Kier alpha value is -0.780. The van der Waals surface area contributed by atoms with Gasteiger partial charge in [0.15, 0.2) is 0 Å². The molecule has 0 heteroatoms. The lowest BCUT2D eigenvalue weighted by Crippen LogP contribution is -2.02. The van der Waals surface area contributed by atoms with Gasteiger partial charge in [0.1, 0.15) is 0 Å². The maximum Gasteiger partial charge on any atom is -0.0196 e. The summed E-state index contributed by atoms with van der Waals surface area (Å²) in [6.07, 6.45) is 22.0. The van der Waals surface area contributed by atoms with E-state index in [-0.39, 0.29) is 0 Å². The van der Waals surface area contributed by atoms with Crippen molar-refractivity contribution < 1.29 is 0 Å². The van der Waals surface area contributed by atoms with Crippen LogP contribution in [0.4, 0.5) is 0 Å². The third kappa shape index (κ3) is 2.87. The van der Waals surface area contributed by atoms with E-state index in [2.05, 4.69) is 36.5 Å². The summed E-state index contributed by atoms with van der Waals surface area (Å²) >= 11 is 0. The molecule has 0 unspecified atom stereocenters. The summed E-state index contributed by atoms with van der Waals surface area (Å²) in [4.78, 5) is 0. The van der Waals surface area contributed by atoms with Crippen LogP contribution in [0.1, 0.15) is 38.5 Å². The standard InChI is InChI=1S/C14H20/c1-3-7-13(8-4-1)11-12-14-9-5-2-6-10-14/h1-3,5,11-14H,4,6-10H2/b12-11-/t13-,14-/m0/s1. The van der Waals surface area contributed by atoms with Crippen LogP contribution in [0.2, 0.25) is 0 Å². The molecule has 0 N–H and O–H groups in total. The van der Waals surface area contributed by atoms with E-state index in [4.69, 9.17) is 0 Å². The number of hydrogen-bond donors (Lipinski definition) is 0. The number of hydrogen-bond acceptors (Lipinski definition) is 0. The van der Waals surface area contributed by atoms with Gasteiger partial charge in [-0.05, 0) is 50.4 Å². The Kier molecular flexibility index (Phi) is 3.62. The van der Waals surface area contributed by atoms with Gasteiger partial charge in [0.05, 0.1) is 0 Å². The van der Waals surface area contributed by atoms with Crippen molar-refractivity contribution in [1.82, 2.24) is 0 Å². The van der Waals surface area contributed by atoms with E-state index in [9.17, 15) is 0 Å². The van der Waals surface area contributed by atoms with Crippen LogP contribution in [-0.4, -0.2) is 0 Å². The number of allylic oxidation sites excluding steroid dienone is 6. The van der Waals surface area contributed by atoms with Gasteiger partial charge in [-0.2, -0.15) is 0 Å². The molecule has 0 aliphatic heterocycles. The molecule has 0 nitrogen and oxygen atoms in total. The molecular formula is C14H20. The zero-order valence-electron chi connectivity index (χ0n) is 8.86. The van der Waals surface area contributed by atoms with Crippen molar-refractivity contribution in [3.63, 3.8) is 0 Å². The molecular weight excluding hydrogens is 168 g/mol. The molecule has 2 aliphatic rings. The van der Waals surface area contributed by atoms with Gasteiger partial charge in [0.2, 0.25) is 0 Å². The van der Waals surface area contributed by atoms with E-state index in [1.54, 1.807) is 0 Å². The van der Waals surface area contributed by atoms with Gasteiger partial charge in [-0.1, -0.05) is 36.5 Å². The first-order valence-corrected chi connectivity index (χ1v) is 5.93. The van der Waals surface area contributed by atoms with Gasteiger partial charge < -0.3 is 0 Å². The summed E-state index contributed by atoms with van der Waals surface area (Å²) in [5.74, 6) is 1.65. The van der Waals surface area contributed by atoms with E-state index in [0.29, 0.717) is 0 Å². The molecule has 0 saturated heterocycles. The summed E-state index contributed by atoms with van der Waals surface area (Å²) in [6.45, 7) is 0. The maximum atomic E-state index is 2.47. The fraction of sp³-hybridized carbons (Fsp3) is 0.571. The summed E-state index contributed by atoms with van der Waals surface area (Å²) in [5.41, 5.74) is 0. The van der Waals surface area contributed by atoms with E-state index < -0.39 is 0 Å². The number of rotatable bonds is 2. The molecule has 0 amide bonds. The molecule has 0 fully saturated rings. The molecule has 76 valence electrons. The Bertz CT molecular complexity index is 219. The lowest BCUT2D eigenvalue weighted by molar-refractivity contribution is 0.553. The third-order valence-corrected chi connectivity index (χ3v) is 3.27. The topological polar surface area (TPSA) is 0 Å². The Morgan fingerprint density at radius 1 is 0.714 bits per heavy atom. The fourth-order valence-corrected chi connectivity index (χ4v) is 2.30. The lowest BCUT2D eigenvalue weighted by atomic mass is 9.89. The Labute approximate surface area is 87.4 Å². The highest BCUT2D eigenvalue weighted by Gasteiger charge is 2.08. The predicted octanol–water partition coefficient (Wildman–Crippen LogP) is 4.26. The minimum absolute atomic E-state index is 0.825. The fourth-order valence-electron chi connectivity index (χ4n) is 2.30. The van der Waals surface area contributed by atoms with Crippen LogP contribution in [0, 0.1) is 11.8 Å². The van der Waals surface area contributed by atoms with Gasteiger partial charge in [-0.25, -0.2) is 0 Å². The second-order valence-electron chi connectivity index (χ2n) is 4.47. The summed E-state index contributed by atoms with van der Waals surface area (Å²) in [5, 5.41) is 0. The van der Waals surface area contributed by atoms with Crippen LogP contribution in [0.25, 0.3) is 0 Å². The summed E-state index contributed by atoms with van der Waals surface area (Å²) in [6, 6.07) is 0. The highest BCUT2D eigenvalue weighted by Crippen LogP contribution is 2.23. The minimum atomic E-state index is 0.825. The SMILES string of the molecule is C1=CC[C@H](/C=C\[C@H]2CC=CCC2)CC1. The molecule has 0 bridgehead atoms. The van der Waals surface area contributed by atoms with Crippen molar-refractivity contribution in [2.75, 3.05) is 0 Å². The maximum absolute atomic E-state index is 2.47. The smallest absolute Gasteiger partial charge is 0.0196 e. The molecule has 0 aromatic rings. The van der Waals surface area contributed by atoms with Crippen LogP contribution in [0.15, 0.2) is 36.5 Å². The van der Waals surface area contributed by atoms with Crippen LogP contribution < -0.4 is 0 Å². The first kappa shape index (κ1) is 9.76. The second kappa shape index (κ2) is 5.19. The largest absolute Gasteiger partial charge is 0.0885 e. The van der Waals surface area contributed by atoms with Gasteiger partial charge in [0.25, 0.3) is 0 Å². The molecule has 0 aromatic heterocycles. The minimum Gasteiger partial charge on any atom is -0.0885 e. The van der Waals surface area contributed by atoms with Crippen molar-refractivity contribution in [2.24, 2.45) is 11.8 Å². The second-order valence-corrected chi connectivity index (χ2v) is 4.47. The van der Waals surface area contributed by atoms with Crippen molar-refractivity contribution >= 4 is 0 Å². The van der Waals surface area contributed by atoms with Gasteiger partial charge in [0, 0.05) is 0 Å². The lowest BCUT2D eigenvalue weighted by Gasteiger charge is -2.16. The molecule has 2 atom stereocenters. The average Bonchev–Trinajstić information content (AvgIpc) is 2.29. The van der Waals surface area contributed by atoms with E-state index in [1.165, 1.54) is 38.5 Å². The monoisotopic (exact) mass is 188 g/mol. The van der Waals surface area contributed by atoms with Crippen LogP contribution in [0.3, 0.4) is 0 Å². The van der Waals surface area contributed by atoms with Gasteiger partial charge in [-0.3, -0.25) is 0 Å². The molecule has 2 rings (SSSR count). The zero-order valence-corrected chi connectivity index (χ0v) is 8.86. The van der Waals surface area contributed by atoms with Gasteiger partial charge in [-0.15, -0.1) is 0 Å². The molecule has 0 aromatic carbocycles. The Balaban J connectivity index is 1.80. The molecule has 0 heterocycles. The van der Waals surface area contributed by atoms with E-state index >= 15 is 0 Å². The van der Waals surface area contributed by atoms with E-state index in [1.807, 2.05) is 0 Å². The van der Waals surface area contributed by atoms with Crippen molar-refractivity contribution in [1.29, 1.82) is 0 Å². The van der Waals surface area contributed by atoms with Crippen molar-refractivity contribution in [3.8, 4) is 0 Å². The molecule has 14 heavy (non-hydrogen) atoms. The first-order chi connectivity index (χ1) is 6.95. The molecule has 0 radical (unpaired) electrons. The van der Waals surface area contributed by atoms with Crippen LogP contribution in [0.5, 0.6) is 0 Å². The van der Waals surface area contributed by atoms with Gasteiger partial charge >= 0.3 is 0 Å². The normalized spacial score (nSPS) is 32.6. The summed E-state index contributed by atoms with van der Waals surface area (Å²) < 4.78 is 0. The van der Waals surface area contributed by atoms with Crippen LogP contribution >= 0.6 is 0 Å². The Morgan fingerprint density at radius 3 is 1.57 bits per heavy atom. The van der Waals surface area contributed by atoms with Crippen molar-refractivity contribution in [2.45, 2.75) is 38.5 Å². The average molecular weight is 188 g/mol. The predicted molar refractivity (Wildman–Crippen MR) is 62.1 cm³/mol. The van der Waals surface area contributed by atoms with E-state index in [0.717, 1.165) is 11.8 Å². The Morgan fingerprint density at radius 2 is 1.21 bits per heavy atom. The van der Waals surface area contributed by atoms with Crippen molar-refractivity contribution in [3.05, 3.63) is 36.5 Å². The third-order valence-electron chi connectivity index (χ3n) is 3.27. The molecule has 0 spiro atoms.